The molecule has 118 valence electrons. The van der Waals surface area contributed by atoms with E-state index in [0.29, 0.717) is 28.4 Å². The van der Waals surface area contributed by atoms with E-state index in [0.717, 1.165) is 9.35 Å². The molecule has 1 atom stereocenters. The highest BCUT2D eigenvalue weighted by Gasteiger charge is 2.32. The number of benzene rings is 1. The van der Waals surface area contributed by atoms with E-state index in [4.69, 9.17) is 4.74 Å². The quantitative estimate of drug-likeness (QED) is 0.796. The number of sulfonamides is 1. The molecule has 0 amide bonds. The van der Waals surface area contributed by atoms with E-state index in [-0.39, 0.29) is 0 Å². The van der Waals surface area contributed by atoms with Gasteiger partial charge in [-0.05, 0) is 46.1 Å². The topological polar surface area (TPSA) is 66.8 Å². The molecule has 2 heterocycles. The molecule has 1 aliphatic heterocycles. The van der Waals surface area contributed by atoms with E-state index in [2.05, 4.69) is 15.9 Å². The Balaban J connectivity index is 2.03. The van der Waals surface area contributed by atoms with Crippen molar-refractivity contribution >= 4 is 43.0 Å². The number of hydrogen-bond acceptors (Lipinski definition) is 5. The van der Waals surface area contributed by atoms with Crippen LogP contribution in [0.5, 0.6) is 0 Å². The second kappa shape index (κ2) is 5.93. The highest BCUT2D eigenvalue weighted by Crippen LogP contribution is 2.37. The fourth-order valence-electron chi connectivity index (χ4n) is 2.45. The van der Waals surface area contributed by atoms with Crippen molar-refractivity contribution < 1.29 is 18.3 Å². The SMILES string of the molecule is CO[C@H](O)c1ccc2c(c1)N(S(=O)(=O)c1ccc(Br)s1)CC2. The van der Waals surface area contributed by atoms with Crippen LogP contribution in [0.2, 0.25) is 0 Å². The summed E-state index contributed by atoms with van der Waals surface area (Å²) in [6.45, 7) is 0.402. The Labute approximate surface area is 141 Å². The highest BCUT2D eigenvalue weighted by molar-refractivity contribution is 9.11. The molecule has 2 aromatic rings. The molecular formula is C14H14BrNO4S2. The van der Waals surface area contributed by atoms with Gasteiger partial charge in [0.05, 0.1) is 9.47 Å². The summed E-state index contributed by atoms with van der Waals surface area (Å²) in [5.41, 5.74) is 2.10. The van der Waals surface area contributed by atoms with Gasteiger partial charge in [0.1, 0.15) is 4.21 Å². The van der Waals surface area contributed by atoms with Crippen molar-refractivity contribution in [2.24, 2.45) is 0 Å². The fraction of sp³-hybridized carbons (Fsp3) is 0.286. The number of anilines is 1. The molecule has 3 rings (SSSR count). The Bertz CT molecular complexity index is 803. The molecule has 0 fully saturated rings. The Morgan fingerprint density at radius 3 is 2.77 bits per heavy atom. The molecule has 0 bridgehead atoms. The lowest BCUT2D eigenvalue weighted by Crippen LogP contribution is -2.28. The first-order valence-electron chi connectivity index (χ1n) is 6.55. The summed E-state index contributed by atoms with van der Waals surface area (Å²) in [6.07, 6.45) is -0.406. The number of fused-ring (bicyclic) bond motifs is 1. The minimum atomic E-state index is -3.58. The highest BCUT2D eigenvalue weighted by atomic mass is 79.9. The van der Waals surface area contributed by atoms with Crippen LogP contribution in [0, 0.1) is 0 Å². The van der Waals surface area contributed by atoms with Gasteiger partial charge in [-0.3, -0.25) is 4.31 Å². The second-order valence-electron chi connectivity index (χ2n) is 4.86. The van der Waals surface area contributed by atoms with Crippen LogP contribution in [0.1, 0.15) is 17.4 Å². The van der Waals surface area contributed by atoms with Crippen molar-refractivity contribution in [3.8, 4) is 0 Å². The third-order valence-corrected chi connectivity index (χ3v) is 7.47. The summed E-state index contributed by atoms with van der Waals surface area (Å²) < 4.78 is 32.9. The van der Waals surface area contributed by atoms with Gasteiger partial charge >= 0.3 is 0 Å². The number of halogens is 1. The summed E-state index contributed by atoms with van der Waals surface area (Å²) in [5.74, 6) is 0. The molecule has 1 aromatic heterocycles. The predicted octanol–water partition coefficient (Wildman–Crippen LogP) is 2.90. The first kappa shape index (κ1) is 15.9. The Morgan fingerprint density at radius 1 is 1.36 bits per heavy atom. The average molecular weight is 404 g/mol. The van der Waals surface area contributed by atoms with E-state index in [1.165, 1.54) is 22.8 Å². The van der Waals surface area contributed by atoms with Gasteiger partial charge in [-0.25, -0.2) is 8.42 Å². The van der Waals surface area contributed by atoms with E-state index in [1.807, 2.05) is 6.07 Å². The van der Waals surface area contributed by atoms with E-state index < -0.39 is 16.3 Å². The van der Waals surface area contributed by atoms with Gasteiger partial charge in [-0.15, -0.1) is 11.3 Å². The minimum absolute atomic E-state index is 0.296. The van der Waals surface area contributed by atoms with Crippen molar-refractivity contribution in [2.75, 3.05) is 18.0 Å². The maximum absolute atomic E-state index is 12.8. The molecule has 0 radical (unpaired) electrons. The maximum Gasteiger partial charge on any atom is 0.273 e. The van der Waals surface area contributed by atoms with E-state index >= 15 is 0 Å². The van der Waals surface area contributed by atoms with Gasteiger partial charge in [0.15, 0.2) is 6.29 Å². The van der Waals surface area contributed by atoms with Crippen LogP contribution in [0.15, 0.2) is 38.3 Å². The van der Waals surface area contributed by atoms with Crippen molar-refractivity contribution in [2.45, 2.75) is 16.9 Å². The van der Waals surface area contributed by atoms with E-state index in [1.54, 1.807) is 24.3 Å². The van der Waals surface area contributed by atoms with Crippen LogP contribution in [0.4, 0.5) is 5.69 Å². The molecule has 0 aliphatic carbocycles. The molecule has 1 aromatic carbocycles. The molecule has 0 spiro atoms. The van der Waals surface area contributed by atoms with Gasteiger partial charge in [-0.1, -0.05) is 12.1 Å². The molecular weight excluding hydrogens is 390 g/mol. The number of hydrogen-bond donors (Lipinski definition) is 1. The molecule has 0 saturated carbocycles. The summed E-state index contributed by atoms with van der Waals surface area (Å²) in [7, 11) is -2.18. The first-order chi connectivity index (χ1) is 10.4. The van der Waals surface area contributed by atoms with Crippen LogP contribution in [0.3, 0.4) is 0 Å². The Kier molecular flexibility index (Phi) is 4.30. The maximum atomic E-state index is 12.8. The number of aliphatic hydroxyl groups is 1. The fourth-order valence-corrected chi connectivity index (χ4v) is 6.07. The zero-order valence-electron chi connectivity index (χ0n) is 11.7. The van der Waals surface area contributed by atoms with Gasteiger partial charge in [0.25, 0.3) is 10.0 Å². The number of aliphatic hydroxyl groups excluding tert-OH is 1. The molecule has 1 N–H and O–H groups in total. The van der Waals surface area contributed by atoms with Crippen molar-refractivity contribution in [1.29, 1.82) is 0 Å². The molecule has 1 aliphatic rings. The van der Waals surface area contributed by atoms with E-state index in [9.17, 15) is 13.5 Å². The standard InChI is InChI=1S/C14H14BrNO4S2/c1-20-14(17)10-3-2-9-6-7-16(11(9)8-10)22(18,19)13-5-4-12(15)21-13/h2-5,8,14,17H,6-7H2,1H3/t14-/m0/s1. The second-order valence-corrected chi connectivity index (χ2v) is 9.41. The lowest BCUT2D eigenvalue weighted by atomic mass is 10.1. The third-order valence-electron chi connectivity index (χ3n) is 3.56. The van der Waals surface area contributed by atoms with Gasteiger partial charge in [-0.2, -0.15) is 0 Å². The lowest BCUT2D eigenvalue weighted by molar-refractivity contribution is -0.0769. The van der Waals surface area contributed by atoms with Gasteiger partial charge < -0.3 is 9.84 Å². The summed E-state index contributed by atoms with van der Waals surface area (Å²) >= 11 is 4.48. The zero-order valence-corrected chi connectivity index (χ0v) is 14.9. The van der Waals surface area contributed by atoms with Crippen molar-refractivity contribution in [3.05, 3.63) is 45.2 Å². The number of ether oxygens (including phenoxy) is 1. The van der Waals surface area contributed by atoms with Crippen LogP contribution >= 0.6 is 27.3 Å². The molecule has 22 heavy (non-hydrogen) atoms. The monoisotopic (exact) mass is 403 g/mol. The normalized spacial score (nSPS) is 15.9. The number of thiophene rings is 1. The molecule has 0 saturated heterocycles. The molecule has 5 nitrogen and oxygen atoms in total. The van der Waals surface area contributed by atoms with Crippen molar-refractivity contribution in [1.82, 2.24) is 0 Å². The number of rotatable bonds is 4. The largest absolute Gasteiger partial charge is 0.364 e. The Hall–Kier alpha value is -0.930. The summed E-state index contributed by atoms with van der Waals surface area (Å²) in [4.78, 5) is 0. The van der Waals surface area contributed by atoms with Crippen LogP contribution in [-0.4, -0.2) is 27.2 Å². The predicted molar refractivity (Wildman–Crippen MR) is 88.7 cm³/mol. The minimum Gasteiger partial charge on any atom is -0.364 e. The number of nitrogens with zero attached hydrogens (tertiary/aromatic N) is 1. The Morgan fingerprint density at radius 2 is 2.14 bits per heavy atom. The van der Waals surface area contributed by atoms with Crippen LogP contribution in [0.25, 0.3) is 0 Å². The summed E-state index contributed by atoms with van der Waals surface area (Å²) in [5, 5.41) is 9.78. The van der Waals surface area contributed by atoms with Gasteiger partial charge in [0.2, 0.25) is 0 Å². The smallest absolute Gasteiger partial charge is 0.273 e. The first-order valence-corrected chi connectivity index (χ1v) is 9.60. The van der Waals surface area contributed by atoms with Crippen molar-refractivity contribution in [3.63, 3.8) is 0 Å². The average Bonchev–Trinajstić information content (AvgIpc) is 3.12. The number of methoxy groups -OCH3 is 1. The zero-order chi connectivity index (χ0) is 15.9. The summed E-state index contributed by atoms with van der Waals surface area (Å²) in [6, 6.07) is 8.59. The molecule has 0 unspecified atom stereocenters. The van der Waals surface area contributed by atoms with Crippen LogP contribution in [-0.2, 0) is 21.2 Å². The van der Waals surface area contributed by atoms with Gasteiger partial charge in [0, 0.05) is 19.2 Å². The molecule has 8 heteroatoms. The van der Waals surface area contributed by atoms with Crippen LogP contribution < -0.4 is 4.31 Å². The third kappa shape index (κ3) is 2.69. The lowest BCUT2D eigenvalue weighted by Gasteiger charge is -2.19.